The van der Waals surface area contributed by atoms with Crippen LogP contribution in [0, 0.1) is 0 Å². The van der Waals surface area contributed by atoms with Crippen LogP contribution in [0.2, 0.25) is 0 Å². The number of guanidine groups is 1. The summed E-state index contributed by atoms with van der Waals surface area (Å²) in [6.45, 7) is 5.59. The molecule has 120 valence electrons. The molecule has 0 saturated carbocycles. The molecule has 2 aromatic carbocycles. The SMILES string of the molecule is CCOC(=O)NC1=NCC(c2ccc3ccccc3c2)N1CC. The summed E-state index contributed by atoms with van der Waals surface area (Å²) in [7, 11) is 0. The normalized spacial score (nSPS) is 17.2. The van der Waals surface area contributed by atoms with E-state index in [2.05, 4.69) is 52.5 Å². The first-order chi connectivity index (χ1) is 11.2. The fraction of sp³-hybridized carbons (Fsp3) is 0.333. The van der Waals surface area contributed by atoms with Crippen LogP contribution < -0.4 is 5.32 Å². The van der Waals surface area contributed by atoms with Crippen LogP contribution in [0.15, 0.2) is 47.5 Å². The van der Waals surface area contributed by atoms with E-state index in [4.69, 9.17) is 4.74 Å². The van der Waals surface area contributed by atoms with Gasteiger partial charge in [0.2, 0.25) is 5.96 Å². The monoisotopic (exact) mass is 311 g/mol. The lowest BCUT2D eigenvalue weighted by Gasteiger charge is -2.26. The van der Waals surface area contributed by atoms with Crippen LogP contribution in [-0.4, -0.2) is 36.6 Å². The molecule has 0 bridgehead atoms. The minimum absolute atomic E-state index is 0.140. The average molecular weight is 311 g/mol. The lowest BCUT2D eigenvalue weighted by molar-refractivity contribution is 0.156. The van der Waals surface area contributed by atoms with Gasteiger partial charge in [0.25, 0.3) is 0 Å². The summed E-state index contributed by atoms with van der Waals surface area (Å²) < 4.78 is 4.94. The first-order valence-electron chi connectivity index (χ1n) is 7.96. The number of amides is 1. The Labute approximate surface area is 136 Å². The summed E-state index contributed by atoms with van der Waals surface area (Å²) in [5, 5.41) is 5.17. The number of benzene rings is 2. The van der Waals surface area contributed by atoms with Crippen molar-refractivity contribution in [1.82, 2.24) is 10.2 Å². The zero-order chi connectivity index (χ0) is 16.2. The minimum atomic E-state index is -0.455. The lowest BCUT2D eigenvalue weighted by Crippen LogP contribution is -2.42. The summed E-state index contributed by atoms with van der Waals surface area (Å²) in [4.78, 5) is 18.2. The van der Waals surface area contributed by atoms with Gasteiger partial charge in [-0.3, -0.25) is 10.3 Å². The Morgan fingerprint density at radius 1 is 1.26 bits per heavy atom. The predicted molar refractivity (Wildman–Crippen MR) is 91.5 cm³/mol. The van der Waals surface area contributed by atoms with E-state index in [1.807, 2.05) is 12.1 Å². The molecule has 1 aliphatic rings. The molecule has 0 aliphatic carbocycles. The van der Waals surface area contributed by atoms with Crippen molar-refractivity contribution in [3.05, 3.63) is 48.0 Å². The number of alkyl carbamates (subject to hydrolysis) is 1. The Balaban J connectivity index is 1.81. The highest BCUT2D eigenvalue weighted by Crippen LogP contribution is 2.28. The lowest BCUT2D eigenvalue weighted by atomic mass is 10.0. The van der Waals surface area contributed by atoms with Crippen molar-refractivity contribution in [3.63, 3.8) is 0 Å². The van der Waals surface area contributed by atoms with Crippen LogP contribution >= 0.6 is 0 Å². The number of hydrogen-bond donors (Lipinski definition) is 1. The van der Waals surface area contributed by atoms with E-state index in [9.17, 15) is 4.79 Å². The van der Waals surface area contributed by atoms with E-state index in [0.29, 0.717) is 19.1 Å². The quantitative estimate of drug-likeness (QED) is 0.946. The van der Waals surface area contributed by atoms with Gasteiger partial charge >= 0.3 is 6.09 Å². The van der Waals surface area contributed by atoms with Crippen LogP contribution in [0.25, 0.3) is 10.8 Å². The molecule has 0 spiro atoms. The minimum Gasteiger partial charge on any atom is -0.450 e. The van der Waals surface area contributed by atoms with Crippen molar-refractivity contribution in [2.24, 2.45) is 4.99 Å². The molecule has 2 aromatic rings. The second-order valence-electron chi connectivity index (χ2n) is 5.42. The molecule has 1 amide bonds. The van der Waals surface area contributed by atoms with Gasteiger partial charge in [-0.25, -0.2) is 4.79 Å². The molecular formula is C18H21N3O2. The second kappa shape index (κ2) is 6.69. The van der Waals surface area contributed by atoms with Crippen molar-refractivity contribution in [2.45, 2.75) is 19.9 Å². The molecule has 1 heterocycles. The molecule has 3 rings (SSSR count). The Kier molecular flexibility index (Phi) is 4.46. The number of nitrogens with zero attached hydrogens (tertiary/aromatic N) is 2. The highest BCUT2D eigenvalue weighted by molar-refractivity contribution is 5.95. The maximum absolute atomic E-state index is 11.6. The smallest absolute Gasteiger partial charge is 0.413 e. The van der Waals surface area contributed by atoms with Gasteiger partial charge in [0.15, 0.2) is 0 Å². The van der Waals surface area contributed by atoms with Gasteiger partial charge in [0.05, 0.1) is 19.2 Å². The van der Waals surface area contributed by atoms with Crippen LogP contribution in [0.3, 0.4) is 0 Å². The Bertz CT molecular complexity index is 742. The number of aliphatic imine (C=N–C) groups is 1. The van der Waals surface area contributed by atoms with Crippen LogP contribution in [0.4, 0.5) is 4.79 Å². The molecular weight excluding hydrogens is 290 g/mol. The number of fused-ring (bicyclic) bond motifs is 1. The number of rotatable bonds is 3. The molecule has 5 nitrogen and oxygen atoms in total. The first-order valence-corrected chi connectivity index (χ1v) is 7.96. The van der Waals surface area contributed by atoms with Crippen molar-refractivity contribution in [3.8, 4) is 0 Å². The Morgan fingerprint density at radius 3 is 2.78 bits per heavy atom. The standard InChI is InChI=1S/C18H21N3O2/c1-3-21-16(12-19-17(21)20-18(22)23-4-2)15-10-9-13-7-5-6-8-14(13)11-15/h5-11,16H,3-4,12H2,1-2H3,(H,19,20,22). The zero-order valence-corrected chi connectivity index (χ0v) is 13.5. The van der Waals surface area contributed by atoms with Crippen LogP contribution in [0.5, 0.6) is 0 Å². The number of hydrogen-bond acceptors (Lipinski definition) is 4. The molecule has 0 fully saturated rings. The molecule has 0 saturated heterocycles. The molecule has 23 heavy (non-hydrogen) atoms. The number of ether oxygens (including phenoxy) is 1. The maximum Gasteiger partial charge on any atom is 0.413 e. The van der Waals surface area contributed by atoms with E-state index >= 15 is 0 Å². The molecule has 1 atom stereocenters. The third kappa shape index (κ3) is 3.13. The molecule has 1 aliphatic heterocycles. The fourth-order valence-electron chi connectivity index (χ4n) is 2.95. The third-order valence-corrected chi connectivity index (χ3v) is 4.05. The van der Waals surface area contributed by atoms with Crippen LogP contribution in [-0.2, 0) is 4.74 Å². The number of carbonyl (C=O) groups excluding carboxylic acids is 1. The van der Waals surface area contributed by atoms with E-state index in [0.717, 1.165) is 6.54 Å². The van der Waals surface area contributed by atoms with Crippen molar-refractivity contribution < 1.29 is 9.53 Å². The summed E-state index contributed by atoms with van der Waals surface area (Å²) in [5.41, 5.74) is 1.20. The Morgan fingerprint density at radius 2 is 2.04 bits per heavy atom. The number of carbonyl (C=O) groups is 1. The van der Waals surface area contributed by atoms with Gasteiger partial charge in [0, 0.05) is 6.54 Å². The highest BCUT2D eigenvalue weighted by atomic mass is 16.5. The fourth-order valence-corrected chi connectivity index (χ4v) is 2.95. The van der Waals surface area contributed by atoms with E-state index in [1.54, 1.807) is 6.92 Å². The molecule has 5 heteroatoms. The van der Waals surface area contributed by atoms with Crippen molar-refractivity contribution >= 4 is 22.8 Å². The summed E-state index contributed by atoms with van der Waals surface area (Å²) in [5.74, 6) is 0.587. The van der Waals surface area contributed by atoms with Gasteiger partial charge in [-0.05, 0) is 36.2 Å². The van der Waals surface area contributed by atoms with E-state index in [1.165, 1.54) is 16.3 Å². The maximum atomic E-state index is 11.6. The Hall–Kier alpha value is -2.56. The van der Waals surface area contributed by atoms with Gasteiger partial charge < -0.3 is 9.64 Å². The molecule has 0 aromatic heterocycles. The van der Waals surface area contributed by atoms with Gasteiger partial charge in [-0.15, -0.1) is 0 Å². The molecule has 1 unspecified atom stereocenters. The number of nitrogens with one attached hydrogen (secondary N) is 1. The zero-order valence-electron chi connectivity index (χ0n) is 13.5. The number of likely N-dealkylation sites (N-methyl/N-ethyl adjacent to an activating group) is 1. The topological polar surface area (TPSA) is 53.9 Å². The first kappa shape index (κ1) is 15.3. The van der Waals surface area contributed by atoms with E-state index < -0.39 is 6.09 Å². The van der Waals surface area contributed by atoms with Gasteiger partial charge in [-0.2, -0.15) is 0 Å². The molecule has 1 N–H and O–H groups in total. The van der Waals surface area contributed by atoms with Crippen molar-refractivity contribution in [1.29, 1.82) is 0 Å². The average Bonchev–Trinajstić information content (AvgIpc) is 2.97. The van der Waals surface area contributed by atoms with Gasteiger partial charge in [0.1, 0.15) is 0 Å². The highest BCUT2D eigenvalue weighted by Gasteiger charge is 2.29. The summed E-state index contributed by atoms with van der Waals surface area (Å²) >= 11 is 0. The largest absolute Gasteiger partial charge is 0.450 e. The predicted octanol–water partition coefficient (Wildman–Crippen LogP) is 3.32. The van der Waals surface area contributed by atoms with Gasteiger partial charge in [-0.1, -0.05) is 36.4 Å². The van der Waals surface area contributed by atoms with Crippen molar-refractivity contribution in [2.75, 3.05) is 19.7 Å². The summed E-state index contributed by atoms with van der Waals surface area (Å²) in [6, 6.07) is 14.9. The second-order valence-corrected chi connectivity index (χ2v) is 5.42. The third-order valence-electron chi connectivity index (χ3n) is 4.05. The van der Waals surface area contributed by atoms with E-state index in [-0.39, 0.29) is 6.04 Å². The molecule has 0 radical (unpaired) electrons. The summed E-state index contributed by atoms with van der Waals surface area (Å²) in [6.07, 6.45) is -0.455. The van der Waals surface area contributed by atoms with Crippen LogP contribution in [0.1, 0.15) is 25.5 Å².